The van der Waals surface area contributed by atoms with Gasteiger partial charge in [-0.1, -0.05) is 5.16 Å². The van der Waals surface area contributed by atoms with Crippen molar-refractivity contribution in [3.8, 4) is 0 Å². The van der Waals surface area contributed by atoms with Crippen LogP contribution in [0.15, 0.2) is 9.32 Å². The summed E-state index contributed by atoms with van der Waals surface area (Å²) in [5, 5.41) is 11.9. The molecule has 2 fully saturated rings. The van der Waals surface area contributed by atoms with Gasteiger partial charge in [0.2, 0.25) is 0 Å². The summed E-state index contributed by atoms with van der Waals surface area (Å²) in [5.74, 6) is 2.15. The second-order valence-electron chi connectivity index (χ2n) is 6.62. The predicted octanol–water partition coefficient (Wildman–Crippen LogP) is 0.814. The van der Waals surface area contributed by atoms with Crippen LogP contribution in [0.4, 0.5) is 0 Å². The summed E-state index contributed by atoms with van der Waals surface area (Å²) in [7, 11) is 0. The molecule has 25 heavy (non-hydrogen) atoms. The molecule has 4 rings (SSSR count). The van der Waals surface area contributed by atoms with Crippen LogP contribution >= 0.6 is 0 Å². The molecular formula is C16H24N6O3. The Balaban J connectivity index is 1.56. The molecule has 0 aromatic carbocycles. The molecule has 0 aliphatic carbocycles. The molecule has 4 heterocycles. The minimum Gasteiger partial charge on any atom is -0.368 e. The highest BCUT2D eigenvalue weighted by Crippen LogP contribution is 2.27. The van der Waals surface area contributed by atoms with Gasteiger partial charge in [0.15, 0.2) is 5.82 Å². The standard InChI is InChI=1S/C16H24N6O3/c1-2-21-14(11-5-7-17-8-6-11)19-22(16(21)23)10-13-18-15(25-20-13)12-4-3-9-24-12/h11-12,17H,2-10H2,1H3. The van der Waals surface area contributed by atoms with E-state index in [9.17, 15) is 4.79 Å². The van der Waals surface area contributed by atoms with Gasteiger partial charge in [0, 0.05) is 19.1 Å². The van der Waals surface area contributed by atoms with Crippen molar-refractivity contribution < 1.29 is 9.26 Å². The maximum Gasteiger partial charge on any atom is 0.346 e. The van der Waals surface area contributed by atoms with Crippen LogP contribution in [0.1, 0.15) is 62.2 Å². The normalized spacial score (nSPS) is 21.9. The van der Waals surface area contributed by atoms with Gasteiger partial charge in [0.1, 0.15) is 18.5 Å². The Kier molecular flexibility index (Phi) is 4.67. The molecule has 0 amide bonds. The van der Waals surface area contributed by atoms with Gasteiger partial charge in [-0.3, -0.25) is 4.57 Å². The van der Waals surface area contributed by atoms with E-state index in [1.165, 1.54) is 4.68 Å². The number of hydrogen-bond donors (Lipinski definition) is 1. The minimum atomic E-state index is -0.114. The SMILES string of the molecule is CCn1c(C2CCNCC2)nn(Cc2noc(C3CCCO3)n2)c1=O. The third-order valence-electron chi connectivity index (χ3n) is 4.95. The van der Waals surface area contributed by atoms with Crippen LogP contribution in [0.2, 0.25) is 0 Å². The first-order valence-electron chi connectivity index (χ1n) is 9.08. The first kappa shape index (κ1) is 16.5. The molecule has 0 radical (unpaired) electrons. The highest BCUT2D eigenvalue weighted by molar-refractivity contribution is 5.01. The van der Waals surface area contributed by atoms with Crippen molar-refractivity contribution in [2.75, 3.05) is 19.7 Å². The quantitative estimate of drug-likeness (QED) is 0.853. The number of nitrogens with one attached hydrogen (secondary N) is 1. The lowest BCUT2D eigenvalue weighted by Gasteiger charge is -2.21. The van der Waals surface area contributed by atoms with Gasteiger partial charge in [-0.05, 0) is 45.7 Å². The van der Waals surface area contributed by atoms with Gasteiger partial charge in [-0.25, -0.2) is 9.48 Å². The number of nitrogens with zero attached hydrogens (tertiary/aromatic N) is 5. The lowest BCUT2D eigenvalue weighted by molar-refractivity contribution is 0.0835. The Labute approximate surface area is 145 Å². The summed E-state index contributed by atoms with van der Waals surface area (Å²) >= 11 is 0. The topological polar surface area (TPSA) is 100 Å². The van der Waals surface area contributed by atoms with Crippen LogP contribution in [0.5, 0.6) is 0 Å². The number of aromatic nitrogens is 5. The minimum absolute atomic E-state index is 0.112. The molecular weight excluding hydrogens is 324 g/mol. The molecule has 1 atom stereocenters. The molecule has 0 saturated carbocycles. The fraction of sp³-hybridized carbons (Fsp3) is 0.750. The monoisotopic (exact) mass is 348 g/mol. The largest absolute Gasteiger partial charge is 0.368 e. The number of ether oxygens (including phenoxy) is 1. The van der Waals surface area contributed by atoms with Gasteiger partial charge < -0.3 is 14.6 Å². The van der Waals surface area contributed by atoms with E-state index in [2.05, 4.69) is 20.6 Å². The van der Waals surface area contributed by atoms with Crippen molar-refractivity contribution >= 4 is 0 Å². The molecule has 1 unspecified atom stereocenters. The van der Waals surface area contributed by atoms with E-state index in [4.69, 9.17) is 9.26 Å². The zero-order chi connectivity index (χ0) is 17.2. The van der Waals surface area contributed by atoms with E-state index in [-0.39, 0.29) is 18.3 Å². The van der Waals surface area contributed by atoms with Crippen molar-refractivity contribution in [3.63, 3.8) is 0 Å². The van der Waals surface area contributed by atoms with Gasteiger partial charge >= 0.3 is 5.69 Å². The fourth-order valence-electron chi connectivity index (χ4n) is 3.61. The number of piperidine rings is 1. The van der Waals surface area contributed by atoms with Gasteiger partial charge in [0.25, 0.3) is 5.89 Å². The number of hydrogen-bond acceptors (Lipinski definition) is 7. The first-order chi connectivity index (χ1) is 12.3. The van der Waals surface area contributed by atoms with E-state index in [0.29, 0.717) is 24.2 Å². The van der Waals surface area contributed by atoms with E-state index in [0.717, 1.165) is 51.2 Å². The van der Waals surface area contributed by atoms with Crippen LogP contribution in [-0.2, 0) is 17.8 Å². The Morgan fingerprint density at radius 3 is 2.84 bits per heavy atom. The highest BCUT2D eigenvalue weighted by Gasteiger charge is 2.26. The zero-order valence-corrected chi connectivity index (χ0v) is 14.5. The molecule has 1 N–H and O–H groups in total. The van der Waals surface area contributed by atoms with Crippen LogP contribution < -0.4 is 11.0 Å². The third kappa shape index (κ3) is 3.25. The second-order valence-corrected chi connectivity index (χ2v) is 6.62. The van der Waals surface area contributed by atoms with E-state index in [1.54, 1.807) is 4.57 Å². The van der Waals surface area contributed by atoms with Crippen molar-refractivity contribution in [2.45, 2.75) is 57.7 Å². The van der Waals surface area contributed by atoms with Crippen LogP contribution in [-0.4, -0.2) is 44.2 Å². The molecule has 2 saturated heterocycles. The van der Waals surface area contributed by atoms with E-state index in [1.807, 2.05) is 6.92 Å². The lowest BCUT2D eigenvalue weighted by Crippen LogP contribution is -2.29. The number of rotatable bonds is 5. The molecule has 9 heteroatoms. The summed E-state index contributed by atoms with van der Waals surface area (Å²) in [6.07, 6.45) is 3.79. The van der Waals surface area contributed by atoms with Crippen molar-refractivity contribution in [3.05, 3.63) is 28.0 Å². The molecule has 0 spiro atoms. The van der Waals surface area contributed by atoms with Crippen molar-refractivity contribution in [1.29, 1.82) is 0 Å². The van der Waals surface area contributed by atoms with Gasteiger partial charge in [0.05, 0.1) is 0 Å². The smallest absolute Gasteiger partial charge is 0.346 e. The third-order valence-corrected chi connectivity index (χ3v) is 4.95. The summed E-state index contributed by atoms with van der Waals surface area (Å²) in [6, 6.07) is 0. The summed E-state index contributed by atoms with van der Waals surface area (Å²) in [6.45, 7) is 5.46. The first-order valence-corrected chi connectivity index (χ1v) is 9.08. The van der Waals surface area contributed by atoms with Crippen molar-refractivity contribution in [1.82, 2.24) is 29.8 Å². The Morgan fingerprint density at radius 1 is 1.28 bits per heavy atom. The summed E-state index contributed by atoms with van der Waals surface area (Å²) in [5.41, 5.74) is -0.112. The molecule has 2 aromatic heterocycles. The fourth-order valence-corrected chi connectivity index (χ4v) is 3.61. The summed E-state index contributed by atoms with van der Waals surface area (Å²) < 4.78 is 14.1. The van der Waals surface area contributed by atoms with Crippen LogP contribution in [0.3, 0.4) is 0 Å². The molecule has 9 nitrogen and oxygen atoms in total. The predicted molar refractivity (Wildman–Crippen MR) is 88.3 cm³/mol. The maximum absolute atomic E-state index is 12.7. The molecule has 2 aromatic rings. The maximum atomic E-state index is 12.7. The average Bonchev–Trinajstić information content (AvgIpc) is 3.37. The van der Waals surface area contributed by atoms with Crippen LogP contribution in [0, 0.1) is 0 Å². The van der Waals surface area contributed by atoms with Gasteiger partial charge in [-0.2, -0.15) is 10.1 Å². The molecule has 0 bridgehead atoms. The summed E-state index contributed by atoms with van der Waals surface area (Å²) in [4.78, 5) is 17.1. The Bertz CT molecular complexity index is 767. The van der Waals surface area contributed by atoms with Crippen molar-refractivity contribution in [2.24, 2.45) is 0 Å². The molecule has 136 valence electrons. The van der Waals surface area contributed by atoms with E-state index < -0.39 is 0 Å². The van der Waals surface area contributed by atoms with E-state index >= 15 is 0 Å². The molecule has 2 aliphatic heterocycles. The highest BCUT2D eigenvalue weighted by atomic mass is 16.5. The Morgan fingerprint density at radius 2 is 2.12 bits per heavy atom. The average molecular weight is 348 g/mol. The molecule has 2 aliphatic rings. The second kappa shape index (κ2) is 7.09. The van der Waals surface area contributed by atoms with Crippen LogP contribution in [0.25, 0.3) is 0 Å². The van der Waals surface area contributed by atoms with Gasteiger partial charge in [-0.15, -0.1) is 0 Å². The lowest BCUT2D eigenvalue weighted by atomic mass is 9.97. The zero-order valence-electron chi connectivity index (χ0n) is 14.5. The Hall–Kier alpha value is -2.00.